The fourth-order valence-electron chi connectivity index (χ4n) is 4.48. The molecule has 0 fully saturated rings. The Balaban J connectivity index is 1.56. The van der Waals surface area contributed by atoms with Crippen molar-refractivity contribution in [3.8, 4) is 40.2 Å². The molecule has 4 aromatic rings. The van der Waals surface area contributed by atoms with Crippen molar-refractivity contribution in [3.05, 3.63) is 101 Å². The summed E-state index contributed by atoms with van der Waals surface area (Å²) in [5.74, 6) is 4.70. The molecule has 0 aromatic heterocycles. The molecule has 0 saturated carbocycles. The molecule has 0 aliphatic carbocycles. The molecule has 39 heavy (non-hydrogen) atoms. The predicted molar refractivity (Wildman–Crippen MR) is 153 cm³/mol. The van der Waals surface area contributed by atoms with Crippen molar-refractivity contribution in [1.82, 2.24) is 0 Å². The molecule has 4 rings (SSSR count). The zero-order valence-corrected chi connectivity index (χ0v) is 23.3. The molecule has 0 heterocycles. The van der Waals surface area contributed by atoms with Crippen LogP contribution in [-0.4, -0.2) is 35.5 Å². The standard InChI is InChI=1S/C33H36O6/c1-34-27-16-13-23(14-17-27)9-12-26-21-31(37-4)33(38-5)32(22-26)39-30-20-25(15-18-29(30)36-3)11-10-24-7-6-8-28(19-24)35-2/h6-8,13-22H,9-12H2,1-5H3. The van der Waals surface area contributed by atoms with Crippen LogP contribution in [-0.2, 0) is 25.7 Å². The van der Waals surface area contributed by atoms with Crippen molar-refractivity contribution < 1.29 is 28.4 Å². The van der Waals surface area contributed by atoms with Crippen molar-refractivity contribution >= 4 is 0 Å². The van der Waals surface area contributed by atoms with Gasteiger partial charge < -0.3 is 28.4 Å². The third kappa shape index (κ3) is 7.17. The number of hydrogen-bond donors (Lipinski definition) is 0. The molecule has 0 aliphatic heterocycles. The lowest BCUT2D eigenvalue weighted by atomic mass is 10.0. The van der Waals surface area contributed by atoms with Crippen LogP contribution in [0.4, 0.5) is 0 Å². The van der Waals surface area contributed by atoms with Crippen molar-refractivity contribution in [2.45, 2.75) is 25.7 Å². The zero-order valence-electron chi connectivity index (χ0n) is 23.3. The summed E-state index contributed by atoms with van der Waals surface area (Å²) in [6.45, 7) is 0. The van der Waals surface area contributed by atoms with Crippen molar-refractivity contribution in [2.75, 3.05) is 35.5 Å². The summed E-state index contributed by atoms with van der Waals surface area (Å²) < 4.78 is 34.1. The number of rotatable bonds is 13. The first-order valence-electron chi connectivity index (χ1n) is 12.9. The quantitative estimate of drug-likeness (QED) is 0.185. The summed E-state index contributed by atoms with van der Waals surface area (Å²) in [6.07, 6.45) is 3.39. The van der Waals surface area contributed by atoms with Crippen LogP contribution < -0.4 is 28.4 Å². The number of methoxy groups -OCH3 is 5. The summed E-state index contributed by atoms with van der Waals surface area (Å²) in [5.41, 5.74) is 4.64. The van der Waals surface area contributed by atoms with Crippen molar-refractivity contribution in [3.63, 3.8) is 0 Å². The van der Waals surface area contributed by atoms with E-state index in [0.29, 0.717) is 28.7 Å². The Morgan fingerprint density at radius 2 is 1.00 bits per heavy atom. The predicted octanol–water partition coefficient (Wildman–Crippen LogP) is 7.09. The highest BCUT2D eigenvalue weighted by Crippen LogP contribution is 2.43. The molecule has 4 aromatic carbocycles. The molecule has 204 valence electrons. The Bertz CT molecular complexity index is 1360. The van der Waals surface area contributed by atoms with Gasteiger partial charge in [-0.1, -0.05) is 30.3 Å². The molecule has 0 aliphatic rings. The number of ether oxygens (including phenoxy) is 6. The largest absolute Gasteiger partial charge is 0.497 e. The van der Waals surface area contributed by atoms with Gasteiger partial charge in [-0.15, -0.1) is 0 Å². The van der Waals surface area contributed by atoms with Crippen LogP contribution in [0.15, 0.2) is 78.9 Å². The number of hydrogen-bond acceptors (Lipinski definition) is 6. The molecule has 0 amide bonds. The lowest BCUT2D eigenvalue weighted by Gasteiger charge is -2.18. The van der Waals surface area contributed by atoms with E-state index in [1.165, 1.54) is 11.1 Å². The molecule has 0 bridgehead atoms. The Morgan fingerprint density at radius 3 is 1.67 bits per heavy atom. The van der Waals surface area contributed by atoms with Gasteiger partial charge in [0.25, 0.3) is 0 Å². The Hall–Kier alpha value is -4.32. The zero-order chi connectivity index (χ0) is 27.6. The number of benzene rings is 4. The average molecular weight is 529 g/mol. The second-order valence-corrected chi connectivity index (χ2v) is 9.12. The Morgan fingerprint density at radius 1 is 0.410 bits per heavy atom. The molecular formula is C33H36O6. The number of aryl methyl sites for hydroxylation is 4. The highest BCUT2D eigenvalue weighted by atomic mass is 16.5. The van der Waals surface area contributed by atoms with E-state index in [0.717, 1.165) is 48.3 Å². The van der Waals surface area contributed by atoms with Crippen LogP contribution in [0, 0.1) is 0 Å². The lowest BCUT2D eigenvalue weighted by molar-refractivity contribution is 0.329. The van der Waals surface area contributed by atoms with E-state index in [-0.39, 0.29) is 0 Å². The molecule has 6 heteroatoms. The summed E-state index contributed by atoms with van der Waals surface area (Å²) in [4.78, 5) is 0. The minimum atomic E-state index is 0.537. The van der Waals surface area contributed by atoms with Crippen LogP contribution in [0.2, 0.25) is 0 Å². The van der Waals surface area contributed by atoms with E-state index in [1.807, 2.05) is 48.5 Å². The highest BCUT2D eigenvalue weighted by Gasteiger charge is 2.17. The maximum Gasteiger partial charge on any atom is 0.203 e. The van der Waals surface area contributed by atoms with Crippen LogP contribution in [0.3, 0.4) is 0 Å². The molecular weight excluding hydrogens is 492 g/mol. The van der Waals surface area contributed by atoms with Crippen molar-refractivity contribution in [1.29, 1.82) is 0 Å². The molecule has 6 nitrogen and oxygen atoms in total. The van der Waals surface area contributed by atoms with Crippen LogP contribution in [0.25, 0.3) is 0 Å². The van der Waals surface area contributed by atoms with Gasteiger partial charge in [-0.3, -0.25) is 0 Å². The van der Waals surface area contributed by atoms with E-state index >= 15 is 0 Å². The van der Waals surface area contributed by atoms with Gasteiger partial charge in [0.1, 0.15) is 11.5 Å². The first-order chi connectivity index (χ1) is 19.1. The van der Waals surface area contributed by atoms with Crippen molar-refractivity contribution in [2.24, 2.45) is 0 Å². The van der Waals surface area contributed by atoms with E-state index in [9.17, 15) is 0 Å². The third-order valence-electron chi connectivity index (χ3n) is 6.65. The Labute approximate surface area is 231 Å². The van der Waals surface area contributed by atoms with E-state index < -0.39 is 0 Å². The fraction of sp³-hybridized carbons (Fsp3) is 0.273. The van der Waals surface area contributed by atoms with Gasteiger partial charge in [-0.25, -0.2) is 0 Å². The third-order valence-corrected chi connectivity index (χ3v) is 6.65. The van der Waals surface area contributed by atoms with E-state index in [1.54, 1.807) is 35.5 Å². The van der Waals surface area contributed by atoms with Gasteiger partial charge in [-0.2, -0.15) is 0 Å². The van der Waals surface area contributed by atoms with Crippen LogP contribution in [0.1, 0.15) is 22.3 Å². The molecule has 0 unspecified atom stereocenters. The van der Waals surface area contributed by atoms with E-state index in [2.05, 4.69) is 30.3 Å². The van der Waals surface area contributed by atoms with Crippen LogP contribution in [0.5, 0.6) is 40.2 Å². The first kappa shape index (κ1) is 27.7. The maximum absolute atomic E-state index is 6.45. The SMILES string of the molecule is COc1ccc(CCc2cc(OC)c(OC)c(Oc3cc(CCc4cccc(OC)c4)ccc3OC)c2)cc1. The summed E-state index contributed by atoms with van der Waals surface area (Å²) >= 11 is 0. The topological polar surface area (TPSA) is 55.4 Å². The second kappa shape index (κ2) is 13.5. The summed E-state index contributed by atoms with van der Waals surface area (Å²) in [5, 5.41) is 0. The van der Waals surface area contributed by atoms with Gasteiger partial charge in [0.05, 0.1) is 35.5 Å². The average Bonchev–Trinajstić information content (AvgIpc) is 2.99. The van der Waals surface area contributed by atoms with Gasteiger partial charge in [0.2, 0.25) is 5.75 Å². The van der Waals surface area contributed by atoms with Crippen LogP contribution >= 0.6 is 0 Å². The Kier molecular flexibility index (Phi) is 9.57. The second-order valence-electron chi connectivity index (χ2n) is 9.12. The molecule has 0 atom stereocenters. The highest BCUT2D eigenvalue weighted by molar-refractivity contribution is 5.57. The first-order valence-corrected chi connectivity index (χ1v) is 12.9. The molecule has 0 saturated heterocycles. The van der Waals surface area contributed by atoms with Gasteiger partial charge in [0, 0.05) is 0 Å². The van der Waals surface area contributed by atoms with Gasteiger partial charge in [0.15, 0.2) is 23.0 Å². The summed E-state index contributed by atoms with van der Waals surface area (Å²) in [7, 11) is 8.24. The van der Waals surface area contributed by atoms with Gasteiger partial charge in [-0.05, 0) is 96.5 Å². The minimum Gasteiger partial charge on any atom is -0.497 e. The lowest BCUT2D eigenvalue weighted by Crippen LogP contribution is -2.00. The molecule has 0 N–H and O–H groups in total. The van der Waals surface area contributed by atoms with Gasteiger partial charge >= 0.3 is 0 Å². The normalized spacial score (nSPS) is 10.6. The molecule has 0 radical (unpaired) electrons. The summed E-state index contributed by atoms with van der Waals surface area (Å²) in [6, 6.07) is 26.3. The fourth-order valence-corrected chi connectivity index (χ4v) is 4.48. The monoisotopic (exact) mass is 528 g/mol. The van der Waals surface area contributed by atoms with E-state index in [4.69, 9.17) is 28.4 Å². The minimum absolute atomic E-state index is 0.537. The maximum atomic E-state index is 6.45. The molecule has 0 spiro atoms. The smallest absolute Gasteiger partial charge is 0.203 e.